The van der Waals surface area contributed by atoms with Crippen LogP contribution in [0.5, 0.6) is 0 Å². The van der Waals surface area contributed by atoms with E-state index in [1.54, 1.807) is 10.9 Å². The Morgan fingerprint density at radius 1 is 1.38 bits per heavy atom. The van der Waals surface area contributed by atoms with Gasteiger partial charge in [0.05, 0.1) is 0 Å². The summed E-state index contributed by atoms with van der Waals surface area (Å²) in [6.07, 6.45) is 7.08. The number of amides is 1. The van der Waals surface area contributed by atoms with Crippen LogP contribution in [0.2, 0.25) is 0 Å². The zero-order valence-electron chi connectivity index (χ0n) is 11.5. The summed E-state index contributed by atoms with van der Waals surface area (Å²) < 4.78 is 1.56. The number of hydrogen-bond donors (Lipinski definition) is 1. The molecule has 0 aliphatic heterocycles. The predicted molar refractivity (Wildman–Crippen MR) is 72.5 cm³/mol. The minimum Gasteiger partial charge on any atom is -0.293 e. The van der Waals surface area contributed by atoms with Crippen LogP contribution >= 0.6 is 0 Å². The van der Waals surface area contributed by atoms with Crippen LogP contribution in [-0.2, 0) is 24.2 Å². The molecular formula is C13H15N7O. The van der Waals surface area contributed by atoms with E-state index in [0.717, 1.165) is 43.6 Å². The molecule has 1 fully saturated rings. The number of nitrogens with one attached hydrogen (secondary N) is 1. The average Bonchev–Trinajstić information content (AvgIpc) is 3.03. The van der Waals surface area contributed by atoms with Crippen molar-refractivity contribution in [1.29, 1.82) is 0 Å². The van der Waals surface area contributed by atoms with Crippen LogP contribution in [0.15, 0.2) is 6.20 Å². The van der Waals surface area contributed by atoms with Crippen LogP contribution in [0.1, 0.15) is 42.3 Å². The molecule has 0 saturated heterocycles. The van der Waals surface area contributed by atoms with Crippen LogP contribution in [-0.4, -0.2) is 36.1 Å². The Kier molecular flexibility index (Phi) is 2.87. The van der Waals surface area contributed by atoms with Gasteiger partial charge in [0.2, 0.25) is 11.9 Å². The summed E-state index contributed by atoms with van der Waals surface area (Å²) in [4.78, 5) is 20.6. The molecule has 4 rings (SSSR count). The standard InChI is InChI=1S/C13H15N7O/c21-11(7-20-12(8-4-5-8)17-18-19-20)16-13-14-6-9-2-1-3-10(9)15-13/h6,8H,1-5,7H2,(H,14,15,16,21). The Labute approximate surface area is 121 Å². The third-order valence-corrected chi connectivity index (χ3v) is 3.86. The molecule has 2 aromatic heterocycles. The Morgan fingerprint density at radius 3 is 3.14 bits per heavy atom. The summed E-state index contributed by atoms with van der Waals surface area (Å²) in [7, 11) is 0. The Balaban J connectivity index is 1.44. The van der Waals surface area contributed by atoms with Gasteiger partial charge in [-0.15, -0.1) is 5.10 Å². The summed E-state index contributed by atoms with van der Waals surface area (Å²) in [5, 5.41) is 14.2. The number of hydrogen-bond acceptors (Lipinski definition) is 6. The first kappa shape index (κ1) is 12.4. The van der Waals surface area contributed by atoms with Crippen molar-refractivity contribution in [1.82, 2.24) is 30.2 Å². The molecule has 21 heavy (non-hydrogen) atoms. The number of carbonyl (C=O) groups is 1. The predicted octanol–water partition coefficient (Wildman–Crippen LogP) is 0.468. The third kappa shape index (κ3) is 2.48. The summed E-state index contributed by atoms with van der Waals surface area (Å²) >= 11 is 0. The van der Waals surface area contributed by atoms with Gasteiger partial charge in [0, 0.05) is 17.8 Å². The SMILES string of the molecule is O=C(Cn1nnnc1C1CC1)Nc1ncc2c(n1)CCC2. The lowest BCUT2D eigenvalue weighted by Gasteiger charge is -2.06. The smallest absolute Gasteiger partial charge is 0.248 e. The van der Waals surface area contributed by atoms with Crippen molar-refractivity contribution in [3.63, 3.8) is 0 Å². The molecule has 0 bridgehead atoms. The van der Waals surface area contributed by atoms with Gasteiger partial charge in [0.1, 0.15) is 6.54 Å². The van der Waals surface area contributed by atoms with Gasteiger partial charge in [0.25, 0.3) is 0 Å². The van der Waals surface area contributed by atoms with Crippen molar-refractivity contribution >= 4 is 11.9 Å². The zero-order valence-corrected chi connectivity index (χ0v) is 11.5. The van der Waals surface area contributed by atoms with E-state index in [0.29, 0.717) is 11.9 Å². The maximum Gasteiger partial charge on any atom is 0.248 e. The second-order valence-corrected chi connectivity index (χ2v) is 5.54. The van der Waals surface area contributed by atoms with E-state index in [1.807, 2.05) is 0 Å². The Morgan fingerprint density at radius 2 is 2.29 bits per heavy atom. The molecule has 0 atom stereocenters. The lowest BCUT2D eigenvalue weighted by molar-refractivity contribution is -0.117. The molecular weight excluding hydrogens is 270 g/mol. The lowest BCUT2D eigenvalue weighted by atomic mass is 10.3. The number of nitrogens with zero attached hydrogens (tertiary/aromatic N) is 6. The van der Waals surface area contributed by atoms with Crippen LogP contribution in [0.4, 0.5) is 5.95 Å². The van der Waals surface area contributed by atoms with Crippen molar-refractivity contribution in [2.75, 3.05) is 5.32 Å². The lowest BCUT2D eigenvalue weighted by Crippen LogP contribution is -2.22. The third-order valence-electron chi connectivity index (χ3n) is 3.86. The van der Waals surface area contributed by atoms with Crippen molar-refractivity contribution in [2.24, 2.45) is 0 Å². The zero-order chi connectivity index (χ0) is 14.2. The van der Waals surface area contributed by atoms with Gasteiger partial charge in [-0.25, -0.2) is 14.6 Å². The Bertz CT molecular complexity index is 692. The molecule has 2 aliphatic rings. The molecule has 8 heteroatoms. The first-order valence-corrected chi connectivity index (χ1v) is 7.20. The van der Waals surface area contributed by atoms with Gasteiger partial charge < -0.3 is 0 Å². The van der Waals surface area contributed by atoms with Gasteiger partial charge >= 0.3 is 0 Å². The molecule has 108 valence electrons. The molecule has 1 saturated carbocycles. The fourth-order valence-corrected chi connectivity index (χ4v) is 2.63. The van der Waals surface area contributed by atoms with Gasteiger partial charge in [0.15, 0.2) is 5.82 Å². The van der Waals surface area contributed by atoms with E-state index in [4.69, 9.17) is 0 Å². The molecule has 0 radical (unpaired) electrons. The molecule has 2 aromatic rings. The fourth-order valence-electron chi connectivity index (χ4n) is 2.63. The monoisotopic (exact) mass is 285 g/mol. The molecule has 0 unspecified atom stereocenters. The minimum atomic E-state index is -0.206. The van der Waals surface area contributed by atoms with Crippen molar-refractivity contribution in [2.45, 2.75) is 44.6 Å². The average molecular weight is 285 g/mol. The number of aryl methyl sites for hydroxylation is 2. The van der Waals surface area contributed by atoms with Gasteiger partial charge in [-0.05, 0) is 48.1 Å². The number of rotatable bonds is 4. The summed E-state index contributed by atoms with van der Waals surface area (Å²) in [6.45, 7) is 0.0965. The molecule has 1 amide bonds. The van der Waals surface area contributed by atoms with Crippen LogP contribution < -0.4 is 5.32 Å². The normalized spacial score (nSPS) is 16.8. The molecule has 2 heterocycles. The topological polar surface area (TPSA) is 98.5 Å². The van der Waals surface area contributed by atoms with E-state index in [2.05, 4.69) is 30.8 Å². The fraction of sp³-hybridized carbons (Fsp3) is 0.538. The number of tetrazole rings is 1. The van der Waals surface area contributed by atoms with Crippen molar-refractivity contribution in [3.05, 3.63) is 23.3 Å². The van der Waals surface area contributed by atoms with E-state index < -0.39 is 0 Å². The van der Waals surface area contributed by atoms with Gasteiger partial charge in [-0.3, -0.25) is 10.1 Å². The van der Waals surface area contributed by atoms with E-state index >= 15 is 0 Å². The summed E-state index contributed by atoms with van der Waals surface area (Å²) in [5.74, 6) is 1.35. The van der Waals surface area contributed by atoms with E-state index in [-0.39, 0.29) is 12.5 Å². The van der Waals surface area contributed by atoms with Crippen LogP contribution in [0.25, 0.3) is 0 Å². The van der Waals surface area contributed by atoms with Crippen LogP contribution in [0.3, 0.4) is 0 Å². The highest BCUT2D eigenvalue weighted by molar-refractivity contribution is 5.88. The van der Waals surface area contributed by atoms with Gasteiger partial charge in [-0.1, -0.05) is 0 Å². The maximum absolute atomic E-state index is 12.1. The highest BCUT2D eigenvalue weighted by Crippen LogP contribution is 2.38. The Hall–Kier alpha value is -2.38. The molecule has 2 aliphatic carbocycles. The molecule has 1 N–H and O–H groups in total. The molecule has 0 aromatic carbocycles. The number of anilines is 1. The minimum absolute atomic E-state index is 0.0965. The van der Waals surface area contributed by atoms with Crippen molar-refractivity contribution < 1.29 is 4.79 Å². The molecule has 8 nitrogen and oxygen atoms in total. The highest BCUT2D eigenvalue weighted by Gasteiger charge is 2.30. The number of fused-ring (bicyclic) bond motifs is 1. The second-order valence-electron chi connectivity index (χ2n) is 5.54. The van der Waals surface area contributed by atoms with Crippen LogP contribution in [0, 0.1) is 0 Å². The van der Waals surface area contributed by atoms with Gasteiger partial charge in [-0.2, -0.15) is 0 Å². The summed E-state index contributed by atoms with van der Waals surface area (Å²) in [6, 6.07) is 0. The first-order chi connectivity index (χ1) is 10.3. The summed E-state index contributed by atoms with van der Waals surface area (Å²) in [5.41, 5.74) is 2.23. The quantitative estimate of drug-likeness (QED) is 0.876. The second kappa shape index (κ2) is 4.87. The maximum atomic E-state index is 12.1. The highest BCUT2D eigenvalue weighted by atomic mass is 16.2. The molecule has 0 spiro atoms. The first-order valence-electron chi connectivity index (χ1n) is 7.20. The number of carbonyl (C=O) groups excluding carboxylic acids is 1. The van der Waals surface area contributed by atoms with Crippen molar-refractivity contribution in [3.8, 4) is 0 Å². The van der Waals surface area contributed by atoms with E-state index in [1.165, 1.54) is 5.56 Å². The largest absolute Gasteiger partial charge is 0.293 e. The van der Waals surface area contributed by atoms with E-state index in [9.17, 15) is 4.79 Å². The number of aromatic nitrogens is 6.